The molecule has 94 valence electrons. The number of rotatable bonds is 0. The van der Waals surface area contributed by atoms with E-state index in [9.17, 15) is 4.79 Å². The first-order chi connectivity index (χ1) is 7.25. The summed E-state index contributed by atoms with van der Waals surface area (Å²) in [5.41, 5.74) is 8.06. The molecule has 0 bridgehead atoms. The van der Waals surface area contributed by atoms with Gasteiger partial charge in [0.25, 0.3) is 0 Å². The quantitative estimate of drug-likeness (QED) is 0.446. The lowest BCUT2D eigenvalue weighted by Gasteiger charge is -2.19. The van der Waals surface area contributed by atoms with Crippen molar-refractivity contribution in [2.45, 2.75) is 12.8 Å². The second-order valence-corrected chi connectivity index (χ2v) is 3.02. The smallest absolute Gasteiger partial charge is 0.402 e. The average Bonchev–Trinajstić information content (AvgIpc) is 2.08. The molecule has 0 aromatic heterocycles. The van der Waals surface area contributed by atoms with Crippen molar-refractivity contribution >= 4 is 18.0 Å². The molecule has 1 heterocycles. The van der Waals surface area contributed by atoms with Crippen LogP contribution >= 0.6 is 0 Å². The minimum atomic E-state index is -1.33. The van der Waals surface area contributed by atoms with Crippen molar-refractivity contribution in [1.29, 1.82) is 0 Å². The number of piperidine rings is 1. The number of nitrogens with zero attached hydrogens (tertiary/aromatic N) is 1. The van der Waals surface area contributed by atoms with E-state index in [0.29, 0.717) is 5.78 Å². The predicted molar refractivity (Wildman–Crippen MR) is 56.2 cm³/mol. The molecule has 0 spiro atoms. The summed E-state index contributed by atoms with van der Waals surface area (Å²) < 4.78 is 0. The molecule has 0 aromatic carbocycles. The van der Waals surface area contributed by atoms with Gasteiger partial charge < -0.3 is 26.6 Å². The molecule has 8 heteroatoms. The molecule has 1 rings (SSSR count). The largest absolute Gasteiger partial charge is 0.465 e. The third-order valence-corrected chi connectivity index (χ3v) is 1.54. The van der Waals surface area contributed by atoms with E-state index in [-0.39, 0.29) is 0 Å². The molecule has 1 fully saturated rings. The molecule has 8 nitrogen and oxygen atoms in total. The fourth-order valence-corrected chi connectivity index (χ4v) is 0.868. The van der Waals surface area contributed by atoms with E-state index in [2.05, 4.69) is 16.4 Å². The molecule has 0 unspecified atom stereocenters. The first-order valence-electron chi connectivity index (χ1n) is 4.42. The molecule has 1 aliphatic rings. The van der Waals surface area contributed by atoms with Crippen molar-refractivity contribution in [2.24, 2.45) is 11.5 Å². The van der Waals surface area contributed by atoms with Gasteiger partial charge in [0.2, 0.25) is 0 Å². The first-order valence-corrected chi connectivity index (χ1v) is 4.42. The van der Waals surface area contributed by atoms with Crippen LogP contribution in [0.15, 0.2) is 0 Å². The molecule has 6 N–H and O–H groups in total. The minimum Gasteiger partial charge on any atom is -0.465 e. The first kappa shape index (κ1) is 16.6. The third-order valence-electron chi connectivity index (χ3n) is 1.54. The third kappa shape index (κ3) is 22.7. The molecular weight excluding hydrogens is 218 g/mol. The lowest BCUT2D eigenvalue weighted by molar-refractivity contribution is -0.121. The molecular formula is C8H17N3O5. The van der Waals surface area contributed by atoms with E-state index in [4.69, 9.17) is 19.8 Å². The van der Waals surface area contributed by atoms with E-state index in [1.165, 1.54) is 0 Å². The highest BCUT2D eigenvalue weighted by atomic mass is 16.4. The number of hydrogen-bond acceptors (Lipinski definition) is 4. The maximum absolute atomic E-state index is 10.6. The maximum Gasteiger partial charge on any atom is 0.402 e. The second kappa shape index (κ2) is 9.71. The molecule has 0 radical (unpaired) electrons. The van der Waals surface area contributed by atoms with Gasteiger partial charge in [-0.1, -0.05) is 0 Å². The number of nitrogens with two attached hydrogens (primary N) is 2. The molecule has 2 amide bonds. The molecule has 0 aromatic rings. The average molecular weight is 235 g/mol. The van der Waals surface area contributed by atoms with E-state index in [0.717, 1.165) is 25.9 Å². The van der Waals surface area contributed by atoms with E-state index in [1.807, 2.05) is 7.05 Å². The standard InChI is InChI=1S/C6H11NO.2CH3NO2/c1-7-4-2-6(8)3-5-7;2*2-1(3)4/h2-5H2,1H3;2*2H2,(H,3,4). The van der Waals surface area contributed by atoms with Gasteiger partial charge in [0.15, 0.2) is 0 Å². The van der Waals surface area contributed by atoms with Gasteiger partial charge in [0.1, 0.15) is 5.78 Å². The Morgan fingerprint density at radius 3 is 1.56 bits per heavy atom. The number of likely N-dealkylation sites (tertiary alicyclic amines) is 1. The van der Waals surface area contributed by atoms with Gasteiger partial charge in [-0.3, -0.25) is 4.79 Å². The summed E-state index contributed by atoms with van der Waals surface area (Å²) in [5.74, 6) is 0.420. The number of carboxylic acid groups (broad SMARTS) is 2. The van der Waals surface area contributed by atoms with Gasteiger partial charge in [-0.15, -0.1) is 0 Å². The lowest BCUT2D eigenvalue weighted by atomic mass is 10.1. The van der Waals surface area contributed by atoms with Gasteiger partial charge in [-0.2, -0.15) is 0 Å². The van der Waals surface area contributed by atoms with Crippen LogP contribution in [0, 0.1) is 0 Å². The van der Waals surface area contributed by atoms with E-state index >= 15 is 0 Å². The Morgan fingerprint density at radius 1 is 1.12 bits per heavy atom. The Morgan fingerprint density at radius 2 is 1.38 bits per heavy atom. The Hall–Kier alpha value is -1.83. The Bertz CT molecular complexity index is 214. The second-order valence-electron chi connectivity index (χ2n) is 3.02. The molecule has 1 saturated heterocycles. The summed E-state index contributed by atoms with van der Waals surface area (Å²) in [6, 6.07) is 0. The Balaban J connectivity index is 0. The number of hydrogen-bond donors (Lipinski definition) is 4. The number of carbonyl (C=O) groups excluding carboxylic acids is 1. The highest BCUT2D eigenvalue weighted by Crippen LogP contribution is 2.01. The van der Waals surface area contributed by atoms with Crippen molar-refractivity contribution in [2.75, 3.05) is 20.1 Å². The summed E-state index contributed by atoms with van der Waals surface area (Å²) in [7, 11) is 2.05. The molecule has 0 aliphatic carbocycles. The topological polar surface area (TPSA) is 147 Å². The van der Waals surface area contributed by atoms with Crippen LogP contribution < -0.4 is 11.5 Å². The number of Topliss-reactive ketones (excluding diaryl/α,β-unsaturated/α-hetero) is 1. The van der Waals surface area contributed by atoms with Crippen LogP contribution in [0.1, 0.15) is 12.8 Å². The zero-order valence-corrected chi connectivity index (χ0v) is 9.05. The molecule has 0 saturated carbocycles. The summed E-state index contributed by atoms with van der Waals surface area (Å²) >= 11 is 0. The Labute approximate surface area is 92.8 Å². The number of carbonyl (C=O) groups is 3. The van der Waals surface area contributed by atoms with Crippen LogP contribution in [0.5, 0.6) is 0 Å². The predicted octanol–water partition coefficient (Wildman–Crippen LogP) is -0.473. The summed E-state index contributed by atoms with van der Waals surface area (Å²) in [6.45, 7) is 1.91. The van der Waals surface area contributed by atoms with Crippen molar-refractivity contribution in [1.82, 2.24) is 4.90 Å². The highest BCUT2D eigenvalue weighted by Gasteiger charge is 2.10. The maximum atomic E-state index is 10.6. The molecule has 16 heavy (non-hydrogen) atoms. The molecule has 1 aliphatic heterocycles. The SMILES string of the molecule is CN1CCC(=O)CC1.NC(=O)O.NC(=O)O. The van der Waals surface area contributed by atoms with Crippen molar-refractivity contribution in [3.63, 3.8) is 0 Å². The fourth-order valence-electron chi connectivity index (χ4n) is 0.868. The van der Waals surface area contributed by atoms with Crippen LogP contribution in [0.4, 0.5) is 9.59 Å². The fraction of sp³-hybridized carbons (Fsp3) is 0.625. The van der Waals surface area contributed by atoms with E-state index in [1.54, 1.807) is 0 Å². The van der Waals surface area contributed by atoms with Crippen LogP contribution in [0.2, 0.25) is 0 Å². The number of amides is 2. The Kier molecular flexibility index (Phi) is 10.1. The summed E-state index contributed by atoms with van der Waals surface area (Å²) in [6.07, 6.45) is -1.15. The summed E-state index contributed by atoms with van der Waals surface area (Å²) in [5, 5.41) is 14.4. The van der Waals surface area contributed by atoms with Crippen LogP contribution in [-0.4, -0.2) is 53.2 Å². The van der Waals surface area contributed by atoms with Crippen molar-refractivity contribution < 1.29 is 24.6 Å². The van der Waals surface area contributed by atoms with E-state index < -0.39 is 12.2 Å². The van der Waals surface area contributed by atoms with Gasteiger partial charge in [0.05, 0.1) is 0 Å². The van der Waals surface area contributed by atoms with Crippen molar-refractivity contribution in [3.05, 3.63) is 0 Å². The lowest BCUT2D eigenvalue weighted by Crippen LogP contribution is -2.29. The normalized spacial score (nSPS) is 14.9. The van der Waals surface area contributed by atoms with Gasteiger partial charge >= 0.3 is 12.2 Å². The zero-order valence-electron chi connectivity index (χ0n) is 9.05. The highest BCUT2D eigenvalue weighted by molar-refractivity contribution is 5.79. The molecule has 0 atom stereocenters. The van der Waals surface area contributed by atoms with Crippen LogP contribution in [-0.2, 0) is 4.79 Å². The van der Waals surface area contributed by atoms with Gasteiger partial charge in [-0.25, -0.2) is 9.59 Å². The van der Waals surface area contributed by atoms with Crippen molar-refractivity contribution in [3.8, 4) is 0 Å². The van der Waals surface area contributed by atoms with Gasteiger partial charge in [0, 0.05) is 25.9 Å². The van der Waals surface area contributed by atoms with Crippen LogP contribution in [0.25, 0.3) is 0 Å². The van der Waals surface area contributed by atoms with Gasteiger partial charge in [-0.05, 0) is 7.05 Å². The summed E-state index contributed by atoms with van der Waals surface area (Å²) in [4.78, 5) is 30.3. The monoisotopic (exact) mass is 235 g/mol. The minimum absolute atomic E-state index is 0.420. The number of primary amides is 2. The number of ketones is 1. The zero-order chi connectivity index (χ0) is 13.1. The van der Waals surface area contributed by atoms with Crippen LogP contribution in [0.3, 0.4) is 0 Å².